The molecular formula is C22H20ClN3O5S. The van der Waals surface area contributed by atoms with Crippen LogP contribution in [0.15, 0.2) is 71.6 Å². The van der Waals surface area contributed by atoms with Gasteiger partial charge in [0.2, 0.25) is 0 Å². The van der Waals surface area contributed by atoms with Gasteiger partial charge in [-0.15, -0.1) is 0 Å². The zero-order valence-electron chi connectivity index (χ0n) is 17.3. The van der Waals surface area contributed by atoms with E-state index in [4.69, 9.17) is 11.6 Å². The maximum absolute atomic E-state index is 12.7. The second-order valence-electron chi connectivity index (χ2n) is 7.14. The Kier molecular flexibility index (Phi) is 6.81. The van der Waals surface area contributed by atoms with Crippen molar-refractivity contribution < 1.29 is 18.1 Å². The van der Waals surface area contributed by atoms with Crippen molar-refractivity contribution in [2.24, 2.45) is 0 Å². The lowest BCUT2D eigenvalue weighted by molar-refractivity contribution is -0.385. The summed E-state index contributed by atoms with van der Waals surface area (Å²) in [4.78, 5) is 24.4. The number of nitrogens with one attached hydrogen (secondary N) is 1. The van der Waals surface area contributed by atoms with Gasteiger partial charge in [-0.3, -0.25) is 19.6 Å². The van der Waals surface area contributed by atoms with Crippen LogP contribution in [0.4, 0.5) is 11.4 Å². The van der Waals surface area contributed by atoms with E-state index in [9.17, 15) is 23.3 Å². The molecule has 0 radical (unpaired) electrons. The minimum atomic E-state index is -4.05. The minimum absolute atomic E-state index is 0.221. The molecular weight excluding hydrogens is 454 g/mol. The van der Waals surface area contributed by atoms with Crippen molar-refractivity contribution in [2.45, 2.75) is 18.4 Å². The number of nitro benzene ring substituents is 1. The van der Waals surface area contributed by atoms with E-state index in [2.05, 4.69) is 4.72 Å². The first-order valence-electron chi connectivity index (χ1n) is 9.45. The smallest absolute Gasteiger partial charge is 0.273 e. The second-order valence-corrected chi connectivity index (χ2v) is 9.23. The summed E-state index contributed by atoms with van der Waals surface area (Å²) < 4.78 is 27.6. The fourth-order valence-corrected chi connectivity index (χ4v) is 4.30. The highest BCUT2D eigenvalue weighted by Gasteiger charge is 2.20. The van der Waals surface area contributed by atoms with Gasteiger partial charge in [-0.25, -0.2) is 8.42 Å². The molecule has 0 aliphatic carbocycles. The summed E-state index contributed by atoms with van der Waals surface area (Å²) in [5.74, 6) is -0.256. The molecule has 0 spiro atoms. The van der Waals surface area contributed by atoms with Gasteiger partial charge in [0, 0.05) is 41.5 Å². The van der Waals surface area contributed by atoms with Crippen molar-refractivity contribution in [1.82, 2.24) is 4.90 Å². The number of hydrogen-bond acceptors (Lipinski definition) is 5. The fraction of sp³-hybridized carbons (Fsp3) is 0.136. The number of aryl methyl sites for hydroxylation is 1. The monoisotopic (exact) mass is 473 g/mol. The number of amides is 1. The molecule has 3 aromatic carbocycles. The molecule has 166 valence electrons. The normalized spacial score (nSPS) is 11.1. The van der Waals surface area contributed by atoms with Gasteiger partial charge in [0.15, 0.2) is 0 Å². The Morgan fingerprint density at radius 2 is 1.75 bits per heavy atom. The number of nitro groups is 1. The Balaban J connectivity index is 1.74. The first-order chi connectivity index (χ1) is 15.1. The number of benzene rings is 3. The number of rotatable bonds is 7. The van der Waals surface area contributed by atoms with Crippen LogP contribution in [0, 0.1) is 17.0 Å². The number of halogens is 1. The van der Waals surface area contributed by atoms with E-state index in [-0.39, 0.29) is 22.2 Å². The summed E-state index contributed by atoms with van der Waals surface area (Å²) in [6, 6.07) is 16.8. The maximum Gasteiger partial charge on any atom is 0.273 e. The van der Waals surface area contributed by atoms with Crippen molar-refractivity contribution in [2.75, 3.05) is 11.8 Å². The molecule has 3 rings (SSSR count). The van der Waals surface area contributed by atoms with Gasteiger partial charge in [0.25, 0.3) is 21.6 Å². The maximum atomic E-state index is 12.7. The zero-order chi connectivity index (χ0) is 23.5. The highest BCUT2D eigenvalue weighted by Crippen LogP contribution is 2.24. The molecule has 0 saturated heterocycles. The summed E-state index contributed by atoms with van der Waals surface area (Å²) in [7, 11) is -2.40. The van der Waals surface area contributed by atoms with Crippen LogP contribution < -0.4 is 4.72 Å². The predicted molar refractivity (Wildman–Crippen MR) is 122 cm³/mol. The molecule has 0 bridgehead atoms. The van der Waals surface area contributed by atoms with Crippen LogP contribution >= 0.6 is 11.6 Å². The predicted octanol–water partition coefficient (Wildman–Crippen LogP) is 4.63. The average Bonchev–Trinajstić information content (AvgIpc) is 2.75. The molecule has 0 unspecified atom stereocenters. The summed E-state index contributed by atoms with van der Waals surface area (Å²) in [6.45, 7) is 1.85. The van der Waals surface area contributed by atoms with Crippen LogP contribution in [0.1, 0.15) is 21.5 Å². The van der Waals surface area contributed by atoms with Gasteiger partial charge < -0.3 is 4.90 Å². The Bertz CT molecular complexity index is 1280. The zero-order valence-corrected chi connectivity index (χ0v) is 18.9. The molecule has 0 heterocycles. The molecule has 0 aliphatic heterocycles. The summed E-state index contributed by atoms with van der Waals surface area (Å²) >= 11 is 6.15. The standard InChI is InChI=1S/C22H20ClN3O5S/c1-15-7-12-19(13-21(15)26(28)29)32(30,31)24-18-10-8-16(9-11-18)22(27)25(2)14-17-5-3-4-6-20(17)23/h3-13,24H,14H2,1-2H3. The Hall–Kier alpha value is -3.43. The van der Waals surface area contributed by atoms with Gasteiger partial charge >= 0.3 is 0 Å². The second kappa shape index (κ2) is 9.37. The van der Waals surface area contributed by atoms with Crippen LogP contribution in [0.3, 0.4) is 0 Å². The van der Waals surface area contributed by atoms with Gasteiger partial charge in [-0.1, -0.05) is 35.9 Å². The van der Waals surface area contributed by atoms with Gasteiger partial charge in [-0.05, 0) is 48.9 Å². The quantitative estimate of drug-likeness (QED) is 0.397. The number of hydrogen-bond donors (Lipinski definition) is 1. The lowest BCUT2D eigenvalue weighted by Gasteiger charge is -2.18. The van der Waals surface area contributed by atoms with Crippen molar-refractivity contribution in [1.29, 1.82) is 0 Å². The average molecular weight is 474 g/mol. The van der Waals surface area contributed by atoms with Crippen LogP contribution in [-0.2, 0) is 16.6 Å². The minimum Gasteiger partial charge on any atom is -0.337 e. The van der Waals surface area contributed by atoms with E-state index >= 15 is 0 Å². The summed E-state index contributed by atoms with van der Waals surface area (Å²) in [6.07, 6.45) is 0. The molecule has 1 N–H and O–H groups in total. The number of nitrogens with zero attached hydrogens (tertiary/aromatic N) is 2. The van der Waals surface area contributed by atoms with Crippen molar-refractivity contribution in [3.63, 3.8) is 0 Å². The van der Waals surface area contributed by atoms with Gasteiger partial charge in [-0.2, -0.15) is 0 Å². The molecule has 32 heavy (non-hydrogen) atoms. The summed E-state index contributed by atoms with van der Waals surface area (Å²) in [5, 5.41) is 11.7. The first kappa shape index (κ1) is 23.2. The van der Waals surface area contributed by atoms with Crippen LogP contribution in [0.2, 0.25) is 5.02 Å². The molecule has 0 fully saturated rings. The van der Waals surface area contributed by atoms with E-state index in [0.717, 1.165) is 11.6 Å². The third-order valence-electron chi connectivity index (χ3n) is 4.78. The molecule has 8 nitrogen and oxygen atoms in total. The van der Waals surface area contributed by atoms with E-state index in [1.165, 1.54) is 48.2 Å². The molecule has 0 atom stereocenters. The Morgan fingerprint density at radius 1 is 1.09 bits per heavy atom. The molecule has 0 aliphatic rings. The largest absolute Gasteiger partial charge is 0.337 e. The SMILES string of the molecule is Cc1ccc(S(=O)(=O)Nc2ccc(C(=O)N(C)Cc3ccccc3Cl)cc2)cc1[N+](=O)[O-]. The Morgan fingerprint density at radius 3 is 2.38 bits per heavy atom. The van der Waals surface area contributed by atoms with E-state index in [0.29, 0.717) is 22.7 Å². The molecule has 0 saturated carbocycles. The third-order valence-corrected chi connectivity index (χ3v) is 6.53. The highest BCUT2D eigenvalue weighted by atomic mass is 35.5. The van der Waals surface area contributed by atoms with Crippen LogP contribution in [-0.4, -0.2) is 31.2 Å². The molecule has 3 aromatic rings. The number of carbonyl (C=O) groups excluding carboxylic acids is 1. The topological polar surface area (TPSA) is 110 Å². The van der Waals surface area contributed by atoms with Crippen molar-refractivity contribution in [3.8, 4) is 0 Å². The lowest BCUT2D eigenvalue weighted by Crippen LogP contribution is -2.26. The van der Waals surface area contributed by atoms with Crippen LogP contribution in [0.5, 0.6) is 0 Å². The van der Waals surface area contributed by atoms with Crippen LogP contribution in [0.25, 0.3) is 0 Å². The lowest BCUT2D eigenvalue weighted by atomic mass is 10.1. The van der Waals surface area contributed by atoms with E-state index in [1.807, 2.05) is 18.2 Å². The van der Waals surface area contributed by atoms with Gasteiger partial charge in [0.05, 0.1) is 9.82 Å². The van der Waals surface area contributed by atoms with Gasteiger partial charge in [0.1, 0.15) is 0 Å². The van der Waals surface area contributed by atoms with E-state index < -0.39 is 14.9 Å². The fourth-order valence-electron chi connectivity index (χ4n) is 3.02. The molecule has 0 aromatic heterocycles. The van der Waals surface area contributed by atoms with Crippen molar-refractivity contribution in [3.05, 3.63) is 98.6 Å². The first-order valence-corrected chi connectivity index (χ1v) is 11.3. The Labute approximate surface area is 190 Å². The van der Waals surface area contributed by atoms with E-state index in [1.54, 1.807) is 13.1 Å². The number of carbonyl (C=O) groups is 1. The highest BCUT2D eigenvalue weighted by molar-refractivity contribution is 7.92. The van der Waals surface area contributed by atoms with Crippen molar-refractivity contribution >= 4 is 38.9 Å². The number of sulfonamides is 1. The third kappa shape index (κ3) is 5.24. The molecule has 1 amide bonds. The molecule has 10 heteroatoms. The summed E-state index contributed by atoms with van der Waals surface area (Å²) in [5.41, 5.74) is 1.47. The number of anilines is 1.